The van der Waals surface area contributed by atoms with E-state index >= 15 is 0 Å². The quantitative estimate of drug-likeness (QED) is 0.803. The zero-order valence-electron chi connectivity index (χ0n) is 11.2. The van der Waals surface area contributed by atoms with E-state index in [4.69, 9.17) is 0 Å². The van der Waals surface area contributed by atoms with Gasteiger partial charge in [0, 0.05) is 18.5 Å². The molecule has 0 radical (unpaired) electrons. The van der Waals surface area contributed by atoms with Crippen LogP contribution in [0.2, 0.25) is 0 Å². The molecule has 2 aliphatic rings. The predicted octanol–water partition coefficient (Wildman–Crippen LogP) is 2.33. The van der Waals surface area contributed by atoms with Gasteiger partial charge < -0.3 is 10.0 Å². The third-order valence-electron chi connectivity index (χ3n) is 4.82. The molecule has 1 saturated heterocycles. The molecule has 0 atom stereocenters. The molecule has 2 rings (SSSR count). The van der Waals surface area contributed by atoms with Crippen LogP contribution in [0.5, 0.6) is 0 Å². The summed E-state index contributed by atoms with van der Waals surface area (Å²) in [7, 11) is 0. The van der Waals surface area contributed by atoms with Crippen molar-refractivity contribution >= 4 is 5.91 Å². The maximum absolute atomic E-state index is 12.6. The molecule has 1 saturated carbocycles. The van der Waals surface area contributed by atoms with Crippen molar-refractivity contribution in [2.75, 3.05) is 13.1 Å². The van der Waals surface area contributed by atoms with Gasteiger partial charge in [-0.1, -0.05) is 19.8 Å². The fraction of sp³-hybridized carbons (Fsp3) is 0.929. The Labute approximate surface area is 104 Å². The van der Waals surface area contributed by atoms with Crippen LogP contribution < -0.4 is 0 Å². The van der Waals surface area contributed by atoms with Crippen molar-refractivity contribution in [3.05, 3.63) is 0 Å². The second-order valence-electron chi connectivity index (χ2n) is 6.13. The van der Waals surface area contributed by atoms with Crippen LogP contribution >= 0.6 is 0 Å². The van der Waals surface area contributed by atoms with Gasteiger partial charge >= 0.3 is 0 Å². The van der Waals surface area contributed by atoms with Gasteiger partial charge in [0.1, 0.15) is 0 Å². The molecule has 1 amide bonds. The van der Waals surface area contributed by atoms with Crippen LogP contribution in [0.15, 0.2) is 0 Å². The van der Waals surface area contributed by atoms with Gasteiger partial charge in [0.05, 0.1) is 5.60 Å². The summed E-state index contributed by atoms with van der Waals surface area (Å²) in [5, 5.41) is 9.92. The number of hydrogen-bond acceptors (Lipinski definition) is 2. The Morgan fingerprint density at radius 3 is 2.18 bits per heavy atom. The Hall–Kier alpha value is -0.570. The van der Waals surface area contributed by atoms with Crippen LogP contribution in [-0.2, 0) is 4.79 Å². The molecular formula is C14H25NO2. The van der Waals surface area contributed by atoms with Crippen LogP contribution in [-0.4, -0.2) is 34.6 Å². The van der Waals surface area contributed by atoms with Crippen LogP contribution in [0.3, 0.4) is 0 Å². The van der Waals surface area contributed by atoms with Crippen molar-refractivity contribution in [1.82, 2.24) is 4.90 Å². The molecule has 0 aromatic heterocycles. The van der Waals surface area contributed by atoms with E-state index in [1.54, 1.807) is 0 Å². The van der Waals surface area contributed by atoms with Crippen molar-refractivity contribution in [3.8, 4) is 0 Å². The molecule has 2 fully saturated rings. The summed E-state index contributed by atoms with van der Waals surface area (Å²) in [6.07, 6.45) is 6.94. The lowest BCUT2D eigenvalue weighted by Gasteiger charge is -2.40. The highest BCUT2D eigenvalue weighted by Gasteiger charge is 2.43. The van der Waals surface area contributed by atoms with Crippen LogP contribution in [0.4, 0.5) is 0 Å². The van der Waals surface area contributed by atoms with E-state index in [2.05, 4.69) is 6.92 Å². The summed E-state index contributed by atoms with van der Waals surface area (Å²) in [4.78, 5) is 14.6. The van der Waals surface area contributed by atoms with Gasteiger partial charge in [-0.25, -0.2) is 0 Å². The first-order valence-electron chi connectivity index (χ1n) is 7.01. The second kappa shape index (κ2) is 4.60. The van der Waals surface area contributed by atoms with Crippen LogP contribution in [0.1, 0.15) is 58.8 Å². The summed E-state index contributed by atoms with van der Waals surface area (Å²) in [5.41, 5.74) is -0.630. The SMILES string of the molecule is CCC1(C(=O)N2CCC(C)(O)CC2)CCCC1. The van der Waals surface area contributed by atoms with Gasteiger partial charge in [0.2, 0.25) is 5.91 Å². The standard InChI is InChI=1S/C14H25NO2/c1-3-14(6-4-5-7-14)12(16)15-10-8-13(2,17)9-11-15/h17H,3-11H2,1-2H3. The second-order valence-corrected chi connectivity index (χ2v) is 6.13. The number of carbonyl (C=O) groups is 1. The van der Waals surface area contributed by atoms with Crippen LogP contribution in [0.25, 0.3) is 0 Å². The number of hydrogen-bond donors (Lipinski definition) is 1. The lowest BCUT2D eigenvalue weighted by Crippen LogP contribution is -2.50. The first-order chi connectivity index (χ1) is 7.99. The predicted molar refractivity (Wildman–Crippen MR) is 67.6 cm³/mol. The first kappa shape index (κ1) is 12.9. The van der Waals surface area contributed by atoms with Gasteiger partial charge in [-0.2, -0.15) is 0 Å². The van der Waals surface area contributed by atoms with E-state index in [0.717, 1.165) is 45.2 Å². The number of amides is 1. The molecule has 1 heterocycles. The van der Waals surface area contributed by atoms with Gasteiger partial charge in [-0.15, -0.1) is 0 Å². The number of piperidine rings is 1. The maximum atomic E-state index is 12.6. The average molecular weight is 239 g/mol. The van der Waals surface area contributed by atoms with E-state index in [1.165, 1.54) is 12.8 Å². The number of aliphatic hydroxyl groups is 1. The lowest BCUT2D eigenvalue weighted by atomic mass is 9.81. The third kappa shape index (κ3) is 2.49. The van der Waals surface area contributed by atoms with Gasteiger partial charge in [0.15, 0.2) is 0 Å². The number of likely N-dealkylation sites (tertiary alicyclic amines) is 1. The number of rotatable bonds is 2. The van der Waals surface area contributed by atoms with Gasteiger partial charge in [0.25, 0.3) is 0 Å². The lowest BCUT2D eigenvalue weighted by molar-refractivity contribution is -0.146. The molecule has 3 nitrogen and oxygen atoms in total. The smallest absolute Gasteiger partial charge is 0.228 e. The molecule has 0 spiro atoms. The van der Waals surface area contributed by atoms with E-state index in [-0.39, 0.29) is 5.41 Å². The summed E-state index contributed by atoms with van der Waals surface area (Å²) in [6, 6.07) is 0. The summed E-state index contributed by atoms with van der Waals surface area (Å²) >= 11 is 0. The monoisotopic (exact) mass is 239 g/mol. The summed E-state index contributed by atoms with van der Waals surface area (Å²) < 4.78 is 0. The first-order valence-corrected chi connectivity index (χ1v) is 7.01. The highest BCUT2D eigenvalue weighted by atomic mass is 16.3. The molecule has 17 heavy (non-hydrogen) atoms. The minimum atomic E-state index is -0.564. The summed E-state index contributed by atoms with van der Waals surface area (Å²) in [6.45, 7) is 5.48. The van der Waals surface area contributed by atoms with E-state index in [1.807, 2.05) is 11.8 Å². The summed E-state index contributed by atoms with van der Waals surface area (Å²) in [5.74, 6) is 0.355. The minimum absolute atomic E-state index is 0.0663. The zero-order chi connectivity index (χ0) is 12.5. The Kier molecular flexibility index (Phi) is 3.48. The maximum Gasteiger partial charge on any atom is 0.228 e. The van der Waals surface area contributed by atoms with Gasteiger partial charge in [-0.3, -0.25) is 4.79 Å². The minimum Gasteiger partial charge on any atom is -0.390 e. The van der Waals surface area contributed by atoms with Crippen molar-refractivity contribution in [2.24, 2.45) is 5.41 Å². The van der Waals surface area contributed by atoms with Crippen molar-refractivity contribution in [3.63, 3.8) is 0 Å². The largest absolute Gasteiger partial charge is 0.390 e. The Morgan fingerprint density at radius 2 is 1.71 bits per heavy atom. The van der Waals surface area contributed by atoms with E-state index < -0.39 is 5.60 Å². The Morgan fingerprint density at radius 1 is 1.18 bits per heavy atom. The third-order valence-corrected chi connectivity index (χ3v) is 4.82. The molecule has 1 aliphatic carbocycles. The highest BCUT2D eigenvalue weighted by molar-refractivity contribution is 5.83. The zero-order valence-corrected chi connectivity index (χ0v) is 11.2. The fourth-order valence-electron chi connectivity index (χ4n) is 3.30. The molecular weight excluding hydrogens is 214 g/mol. The molecule has 1 aliphatic heterocycles. The molecule has 0 aromatic rings. The van der Waals surface area contributed by atoms with E-state index in [9.17, 15) is 9.90 Å². The molecule has 0 bridgehead atoms. The molecule has 1 N–H and O–H groups in total. The highest BCUT2D eigenvalue weighted by Crippen LogP contribution is 2.43. The van der Waals surface area contributed by atoms with Gasteiger partial charge in [-0.05, 0) is 39.0 Å². The molecule has 0 aromatic carbocycles. The fourth-order valence-corrected chi connectivity index (χ4v) is 3.30. The van der Waals surface area contributed by atoms with Crippen molar-refractivity contribution < 1.29 is 9.90 Å². The van der Waals surface area contributed by atoms with Crippen molar-refractivity contribution in [1.29, 1.82) is 0 Å². The molecule has 3 heteroatoms. The Bertz CT molecular complexity index is 283. The van der Waals surface area contributed by atoms with E-state index in [0.29, 0.717) is 5.91 Å². The number of nitrogens with zero attached hydrogens (tertiary/aromatic N) is 1. The Balaban J connectivity index is 2.01. The van der Waals surface area contributed by atoms with Crippen LogP contribution in [0, 0.1) is 5.41 Å². The molecule has 0 unspecified atom stereocenters. The normalized spacial score (nSPS) is 27.1. The number of carbonyl (C=O) groups excluding carboxylic acids is 1. The molecule has 98 valence electrons. The average Bonchev–Trinajstić information content (AvgIpc) is 2.78. The van der Waals surface area contributed by atoms with Crippen molar-refractivity contribution in [2.45, 2.75) is 64.4 Å². The topological polar surface area (TPSA) is 40.5 Å².